The number of para-hydroxylation sites is 1. The molecule has 262 valence electrons. The molecule has 1 unspecified atom stereocenters. The number of carbonyl (C=O) groups excluding carboxylic acids is 2. The Bertz CT molecular complexity index is 1700. The first-order chi connectivity index (χ1) is 22.4. The van der Waals surface area contributed by atoms with Crippen LogP contribution < -0.4 is 16.2 Å². The third-order valence-electron chi connectivity index (χ3n) is 7.69. The van der Waals surface area contributed by atoms with Crippen molar-refractivity contribution >= 4 is 42.7 Å². The van der Waals surface area contributed by atoms with Crippen LogP contribution in [0.5, 0.6) is 0 Å². The molecule has 48 heavy (non-hydrogen) atoms. The van der Waals surface area contributed by atoms with Gasteiger partial charge >= 0.3 is 6.09 Å². The van der Waals surface area contributed by atoms with Crippen molar-refractivity contribution in [2.24, 2.45) is 5.92 Å². The van der Waals surface area contributed by atoms with E-state index in [-0.39, 0.29) is 48.8 Å². The number of hydrogen-bond acceptors (Lipinski definition) is 6. The molecule has 0 spiro atoms. The number of carbonyl (C=O) groups is 3. The first kappa shape index (κ1) is 38.1. The van der Waals surface area contributed by atoms with E-state index in [9.17, 15) is 24.3 Å². The number of fused-ring (bicyclic) bond motifs is 1. The molecule has 1 atom stereocenters. The number of pyridine rings is 1. The molecule has 15 heteroatoms. The van der Waals surface area contributed by atoms with Crippen molar-refractivity contribution in [1.29, 1.82) is 0 Å². The average Bonchev–Trinajstić information content (AvgIpc) is 3.34. The van der Waals surface area contributed by atoms with Crippen LogP contribution in [0.4, 0.5) is 19.3 Å². The maximum atomic E-state index is 15.3. The molecule has 0 aliphatic heterocycles. The number of allylic oxidation sites excluding steroid dienone is 1. The summed E-state index contributed by atoms with van der Waals surface area (Å²) < 4.78 is 39.6. The van der Waals surface area contributed by atoms with E-state index in [0.29, 0.717) is 17.9 Å². The summed E-state index contributed by atoms with van der Waals surface area (Å²) in [5, 5.41) is 13.9. The molecule has 3 N–H and O–H groups in total. The molecule has 12 nitrogen and oxygen atoms in total. The number of hydrogen-bond donors (Lipinski definition) is 3. The summed E-state index contributed by atoms with van der Waals surface area (Å²) in [5.74, 6) is -4.86. The summed E-state index contributed by atoms with van der Waals surface area (Å²) in [6.45, 7) is 9.93. The fourth-order valence-electron chi connectivity index (χ4n) is 4.72. The number of amides is 3. The minimum atomic E-state index is -3.16. The first-order valence-corrected chi connectivity index (χ1v) is 19.4. The monoisotopic (exact) mass is 688 g/mol. The van der Waals surface area contributed by atoms with E-state index in [2.05, 4.69) is 35.3 Å². The highest BCUT2D eigenvalue weighted by Gasteiger charge is 2.38. The number of likely N-dealkylation sites (N-methyl/N-ethyl adjacent to an activating group) is 1. The van der Waals surface area contributed by atoms with Crippen LogP contribution in [0.25, 0.3) is 11.0 Å². The van der Waals surface area contributed by atoms with Crippen LogP contribution in [0.2, 0.25) is 25.7 Å². The molecule has 3 amide bonds. The zero-order chi connectivity index (χ0) is 35.8. The van der Waals surface area contributed by atoms with Gasteiger partial charge in [0.25, 0.3) is 11.5 Å². The Morgan fingerprint density at radius 1 is 1.15 bits per heavy atom. The lowest BCUT2D eigenvalue weighted by atomic mass is 9.97. The van der Waals surface area contributed by atoms with E-state index >= 15 is 8.78 Å². The second kappa shape index (κ2) is 16.2. The van der Waals surface area contributed by atoms with Crippen LogP contribution in [0.1, 0.15) is 38.1 Å². The molecule has 0 aliphatic carbocycles. The van der Waals surface area contributed by atoms with Gasteiger partial charge in [0, 0.05) is 46.5 Å². The van der Waals surface area contributed by atoms with Gasteiger partial charge in [-0.05, 0) is 43.2 Å². The van der Waals surface area contributed by atoms with Crippen molar-refractivity contribution in [2.45, 2.75) is 77.6 Å². The van der Waals surface area contributed by atoms with Crippen molar-refractivity contribution in [3.05, 3.63) is 70.4 Å². The SMILES string of the molecule is CC(C)C(F)(F)c1cccc2c1nc(Cn1cccc(NC(=O)C(CCC=CC(=O)N(C)C)NC(=O)O)c1=O)n2COCC[Si](C)(C)C. The maximum absolute atomic E-state index is 15.3. The number of anilines is 1. The average molecular weight is 689 g/mol. The summed E-state index contributed by atoms with van der Waals surface area (Å²) >= 11 is 0. The lowest BCUT2D eigenvalue weighted by Crippen LogP contribution is -2.44. The van der Waals surface area contributed by atoms with E-state index in [1.54, 1.807) is 30.8 Å². The second-order valence-corrected chi connectivity index (χ2v) is 18.9. The fraction of sp³-hybridized carbons (Fsp3) is 0.485. The second-order valence-electron chi connectivity index (χ2n) is 13.3. The van der Waals surface area contributed by atoms with Crippen LogP contribution in [-0.2, 0) is 33.5 Å². The summed E-state index contributed by atoms with van der Waals surface area (Å²) in [7, 11) is 1.77. The van der Waals surface area contributed by atoms with Crippen molar-refractivity contribution in [3.63, 3.8) is 0 Å². The van der Waals surface area contributed by atoms with Crippen molar-refractivity contribution in [2.75, 3.05) is 26.0 Å². The number of halogens is 2. The van der Waals surface area contributed by atoms with Crippen LogP contribution in [0, 0.1) is 5.92 Å². The molecule has 0 radical (unpaired) electrons. The smallest absolute Gasteiger partial charge is 0.405 e. The molecule has 0 saturated carbocycles. The summed E-state index contributed by atoms with van der Waals surface area (Å²) in [6.07, 6.45) is 3.15. The molecule has 0 saturated heterocycles. The predicted octanol–water partition coefficient (Wildman–Crippen LogP) is 5.31. The molecule has 3 aromatic rings. The highest BCUT2D eigenvalue weighted by molar-refractivity contribution is 6.76. The number of benzene rings is 1. The van der Waals surface area contributed by atoms with Gasteiger partial charge < -0.3 is 34.5 Å². The summed E-state index contributed by atoms with van der Waals surface area (Å²) in [5.41, 5.74) is -0.386. The van der Waals surface area contributed by atoms with E-state index in [1.807, 2.05) is 0 Å². The molecular weight excluding hydrogens is 642 g/mol. The van der Waals surface area contributed by atoms with Gasteiger partial charge in [-0.1, -0.05) is 51.7 Å². The normalized spacial score (nSPS) is 12.9. The molecule has 3 rings (SSSR count). The van der Waals surface area contributed by atoms with Crippen molar-refractivity contribution in [3.8, 4) is 0 Å². The Balaban J connectivity index is 1.93. The van der Waals surface area contributed by atoms with Crippen LogP contribution in [0.15, 0.2) is 53.5 Å². The minimum Gasteiger partial charge on any atom is -0.465 e. The van der Waals surface area contributed by atoms with Gasteiger partial charge in [-0.15, -0.1) is 0 Å². The molecule has 0 fully saturated rings. The first-order valence-electron chi connectivity index (χ1n) is 15.7. The third kappa shape index (κ3) is 10.1. The molecule has 2 heterocycles. The maximum Gasteiger partial charge on any atom is 0.405 e. The lowest BCUT2D eigenvalue weighted by Gasteiger charge is -2.21. The number of imidazole rings is 1. The Hall–Kier alpha value is -4.37. The quantitative estimate of drug-likeness (QED) is 0.105. The highest BCUT2D eigenvalue weighted by Crippen LogP contribution is 2.39. The zero-order valence-corrected chi connectivity index (χ0v) is 29.5. The van der Waals surface area contributed by atoms with E-state index in [4.69, 9.17) is 4.74 Å². The number of aromatic nitrogens is 3. The fourth-order valence-corrected chi connectivity index (χ4v) is 5.47. The van der Waals surface area contributed by atoms with Crippen LogP contribution in [0.3, 0.4) is 0 Å². The number of rotatable bonds is 16. The van der Waals surface area contributed by atoms with E-state index in [1.165, 1.54) is 59.9 Å². The molecule has 0 aliphatic rings. The van der Waals surface area contributed by atoms with Gasteiger partial charge in [-0.3, -0.25) is 14.4 Å². The number of carboxylic acid groups (broad SMARTS) is 1. The Labute approximate surface area is 279 Å². The van der Waals surface area contributed by atoms with Gasteiger partial charge in [-0.25, -0.2) is 18.6 Å². The zero-order valence-electron chi connectivity index (χ0n) is 28.5. The van der Waals surface area contributed by atoms with Gasteiger partial charge in [0.2, 0.25) is 11.8 Å². The number of alkyl halides is 2. The van der Waals surface area contributed by atoms with Gasteiger partial charge in [0.15, 0.2) is 0 Å². The Kier molecular flexibility index (Phi) is 12.8. The van der Waals surface area contributed by atoms with Crippen LogP contribution >= 0.6 is 0 Å². The number of nitrogens with zero attached hydrogens (tertiary/aromatic N) is 4. The minimum absolute atomic E-state index is 0.0292. The predicted molar refractivity (Wildman–Crippen MR) is 183 cm³/mol. The summed E-state index contributed by atoms with van der Waals surface area (Å²) in [4.78, 5) is 55.8. The highest BCUT2D eigenvalue weighted by atomic mass is 28.3. The molecule has 2 aromatic heterocycles. The van der Waals surface area contributed by atoms with E-state index < -0.39 is 43.5 Å². The van der Waals surface area contributed by atoms with Gasteiger partial charge in [-0.2, -0.15) is 0 Å². The van der Waals surface area contributed by atoms with Gasteiger partial charge in [0.05, 0.1) is 17.6 Å². The lowest BCUT2D eigenvalue weighted by molar-refractivity contribution is -0.123. The molecule has 1 aromatic carbocycles. The summed E-state index contributed by atoms with van der Waals surface area (Å²) in [6, 6.07) is 7.19. The molecular formula is C33H46F2N6O6Si. The van der Waals surface area contributed by atoms with E-state index in [0.717, 1.165) is 6.04 Å². The van der Waals surface area contributed by atoms with Gasteiger partial charge in [0.1, 0.15) is 24.3 Å². The number of nitrogens with one attached hydrogen (secondary N) is 2. The Morgan fingerprint density at radius 2 is 1.85 bits per heavy atom. The Morgan fingerprint density at radius 3 is 2.48 bits per heavy atom. The third-order valence-corrected chi connectivity index (χ3v) is 9.39. The van der Waals surface area contributed by atoms with Crippen LogP contribution in [-0.4, -0.2) is 76.9 Å². The largest absolute Gasteiger partial charge is 0.465 e. The number of ether oxygens (including phenoxy) is 1. The molecule has 0 bridgehead atoms. The standard InChI is InChI=1S/C33H46F2N6O6Si/c1-22(2)33(34,35)23-12-10-15-26-29(23)38-27(41(26)21-47-18-19-48(5,6)7)20-40-17-11-14-25(31(40)44)36-30(43)24(37-32(45)46)13-8-9-16-28(42)39(3)4/h9-12,14-17,22,24,37H,8,13,18-21H2,1-7H3,(H,36,43)(H,45,46). The van der Waals surface area contributed by atoms with Crippen molar-refractivity contribution < 1.29 is 33.0 Å². The van der Waals surface area contributed by atoms with Crippen molar-refractivity contribution in [1.82, 2.24) is 24.3 Å². The topological polar surface area (TPSA) is 148 Å².